The summed E-state index contributed by atoms with van der Waals surface area (Å²) in [6.07, 6.45) is 0.739. The SMILES string of the molecule is Cc1cc(C(=O)N[C@@H]2C[C@H]2c2cccc(F)c2)cc(S(=O)(=O)N(C)C)c1C. The number of aryl methyl sites for hydroxylation is 1. The average Bonchev–Trinajstić information content (AvgIpc) is 3.35. The molecule has 1 aliphatic carbocycles. The van der Waals surface area contributed by atoms with Crippen molar-refractivity contribution in [3.05, 3.63) is 64.5 Å². The quantitative estimate of drug-likeness (QED) is 0.854. The first-order valence-corrected chi connectivity index (χ1v) is 10.2. The van der Waals surface area contributed by atoms with Gasteiger partial charge in [0.25, 0.3) is 5.91 Å². The first-order valence-electron chi connectivity index (χ1n) is 8.71. The van der Waals surface area contributed by atoms with Gasteiger partial charge in [-0.2, -0.15) is 0 Å². The molecule has 0 spiro atoms. The normalized spacial score (nSPS) is 19.2. The van der Waals surface area contributed by atoms with Crippen LogP contribution in [0.2, 0.25) is 0 Å². The molecule has 7 heteroatoms. The van der Waals surface area contributed by atoms with Crippen LogP contribution in [0.15, 0.2) is 41.3 Å². The Bertz CT molecular complexity index is 1000. The van der Waals surface area contributed by atoms with Crippen LogP contribution < -0.4 is 5.32 Å². The third-order valence-corrected chi connectivity index (χ3v) is 6.97. The van der Waals surface area contributed by atoms with E-state index in [-0.39, 0.29) is 28.6 Å². The third kappa shape index (κ3) is 3.89. The number of sulfonamides is 1. The molecule has 1 amide bonds. The van der Waals surface area contributed by atoms with E-state index in [9.17, 15) is 17.6 Å². The highest BCUT2D eigenvalue weighted by Crippen LogP contribution is 2.41. The summed E-state index contributed by atoms with van der Waals surface area (Å²) in [5, 5.41) is 2.92. The largest absolute Gasteiger partial charge is 0.349 e. The molecule has 0 saturated heterocycles. The van der Waals surface area contributed by atoms with E-state index >= 15 is 0 Å². The maximum Gasteiger partial charge on any atom is 0.251 e. The molecule has 0 radical (unpaired) electrons. The Morgan fingerprint density at radius 1 is 1.19 bits per heavy atom. The number of amides is 1. The lowest BCUT2D eigenvalue weighted by molar-refractivity contribution is 0.0950. The van der Waals surface area contributed by atoms with Crippen molar-refractivity contribution in [2.24, 2.45) is 0 Å². The zero-order valence-electron chi connectivity index (χ0n) is 15.8. The van der Waals surface area contributed by atoms with E-state index in [2.05, 4.69) is 5.32 Å². The van der Waals surface area contributed by atoms with Gasteiger partial charge in [-0.1, -0.05) is 12.1 Å². The summed E-state index contributed by atoms with van der Waals surface area (Å²) in [5.74, 6) is -0.532. The van der Waals surface area contributed by atoms with E-state index in [1.807, 2.05) is 6.07 Å². The lowest BCUT2D eigenvalue weighted by Crippen LogP contribution is -2.28. The average molecular weight is 390 g/mol. The molecule has 0 unspecified atom stereocenters. The van der Waals surface area contributed by atoms with Crippen LogP contribution in [0.4, 0.5) is 4.39 Å². The number of hydrogen-bond acceptors (Lipinski definition) is 3. The van der Waals surface area contributed by atoms with Crippen LogP contribution in [0.3, 0.4) is 0 Å². The van der Waals surface area contributed by atoms with Gasteiger partial charge in [0.05, 0.1) is 4.90 Å². The van der Waals surface area contributed by atoms with Crippen LogP contribution in [0.25, 0.3) is 0 Å². The summed E-state index contributed by atoms with van der Waals surface area (Å²) in [5.41, 5.74) is 2.53. The number of nitrogens with one attached hydrogen (secondary N) is 1. The number of hydrogen-bond donors (Lipinski definition) is 1. The standard InChI is InChI=1S/C20H23FN2O3S/c1-12-8-15(10-19(13(12)2)27(25,26)23(3)4)20(24)22-18-11-17(18)14-6-5-7-16(21)9-14/h5-10,17-18H,11H2,1-4H3,(H,22,24)/t17-,18+/m0/s1. The van der Waals surface area contributed by atoms with Crippen LogP contribution >= 0.6 is 0 Å². The maximum absolute atomic E-state index is 13.4. The van der Waals surface area contributed by atoms with E-state index in [0.29, 0.717) is 11.1 Å². The predicted octanol–water partition coefficient (Wildman–Crippen LogP) is 2.98. The molecular weight excluding hydrogens is 367 g/mol. The van der Waals surface area contributed by atoms with Crippen molar-refractivity contribution in [3.63, 3.8) is 0 Å². The molecule has 1 aliphatic rings. The fourth-order valence-corrected chi connectivity index (χ4v) is 4.35. The highest BCUT2D eigenvalue weighted by molar-refractivity contribution is 7.89. The van der Waals surface area contributed by atoms with Gasteiger partial charge < -0.3 is 5.32 Å². The number of carbonyl (C=O) groups is 1. The first-order chi connectivity index (χ1) is 12.6. The second kappa shape index (κ2) is 7.05. The minimum absolute atomic E-state index is 0.0742. The van der Waals surface area contributed by atoms with E-state index in [4.69, 9.17) is 0 Å². The Kier molecular flexibility index (Phi) is 5.10. The van der Waals surface area contributed by atoms with Crippen LogP contribution in [0.5, 0.6) is 0 Å². The van der Waals surface area contributed by atoms with E-state index in [1.165, 1.54) is 32.3 Å². The Labute approximate surface area is 159 Å². The molecule has 144 valence electrons. The van der Waals surface area contributed by atoms with Gasteiger partial charge in [0, 0.05) is 31.6 Å². The lowest BCUT2D eigenvalue weighted by Gasteiger charge is -2.16. The molecule has 2 atom stereocenters. The van der Waals surface area contributed by atoms with Gasteiger partial charge in [0.1, 0.15) is 5.82 Å². The van der Waals surface area contributed by atoms with Crippen LogP contribution in [0, 0.1) is 19.7 Å². The fourth-order valence-electron chi connectivity index (χ4n) is 3.13. The zero-order chi connectivity index (χ0) is 19.9. The molecule has 5 nitrogen and oxygen atoms in total. The number of benzene rings is 2. The molecule has 0 heterocycles. The van der Waals surface area contributed by atoms with Crippen molar-refractivity contribution in [1.29, 1.82) is 0 Å². The van der Waals surface area contributed by atoms with Gasteiger partial charge >= 0.3 is 0 Å². The summed E-state index contributed by atoms with van der Waals surface area (Å²) in [4.78, 5) is 12.8. The number of nitrogens with zero attached hydrogens (tertiary/aromatic N) is 1. The number of rotatable bonds is 5. The molecule has 1 fully saturated rings. The van der Waals surface area contributed by atoms with Gasteiger partial charge in [-0.15, -0.1) is 0 Å². The maximum atomic E-state index is 13.4. The molecule has 0 aromatic heterocycles. The van der Waals surface area contributed by atoms with Gasteiger partial charge in [-0.25, -0.2) is 17.1 Å². The fraction of sp³-hybridized carbons (Fsp3) is 0.350. The predicted molar refractivity (Wildman–Crippen MR) is 102 cm³/mol. The third-order valence-electron chi connectivity index (χ3n) is 5.02. The smallest absolute Gasteiger partial charge is 0.251 e. The Morgan fingerprint density at radius 3 is 2.52 bits per heavy atom. The minimum Gasteiger partial charge on any atom is -0.349 e. The Morgan fingerprint density at radius 2 is 1.89 bits per heavy atom. The highest BCUT2D eigenvalue weighted by Gasteiger charge is 2.40. The molecule has 2 aromatic rings. The van der Waals surface area contributed by atoms with E-state index in [0.717, 1.165) is 21.9 Å². The van der Waals surface area contributed by atoms with Gasteiger partial charge in [-0.3, -0.25) is 4.79 Å². The van der Waals surface area contributed by atoms with Gasteiger partial charge in [0.2, 0.25) is 10.0 Å². The number of halogens is 1. The molecule has 2 aromatic carbocycles. The molecule has 1 saturated carbocycles. The molecule has 3 rings (SSSR count). The molecule has 0 bridgehead atoms. The summed E-state index contributed by atoms with van der Waals surface area (Å²) >= 11 is 0. The van der Waals surface area contributed by atoms with Crippen molar-refractivity contribution in [2.45, 2.75) is 37.1 Å². The Hall–Kier alpha value is -2.25. The second-order valence-electron chi connectivity index (χ2n) is 7.18. The van der Waals surface area contributed by atoms with Crippen LogP contribution in [-0.2, 0) is 10.0 Å². The van der Waals surface area contributed by atoms with Gasteiger partial charge in [-0.05, 0) is 61.2 Å². The van der Waals surface area contributed by atoms with E-state index < -0.39 is 10.0 Å². The van der Waals surface area contributed by atoms with Gasteiger partial charge in [0.15, 0.2) is 0 Å². The molecule has 0 aliphatic heterocycles. The van der Waals surface area contributed by atoms with Crippen molar-refractivity contribution in [1.82, 2.24) is 9.62 Å². The van der Waals surface area contributed by atoms with Crippen molar-refractivity contribution < 1.29 is 17.6 Å². The molecule has 1 N–H and O–H groups in total. The summed E-state index contributed by atoms with van der Waals surface area (Å²) in [6.45, 7) is 3.52. The summed E-state index contributed by atoms with van der Waals surface area (Å²) in [6, 6.07) is 9.41. The van der Waals surface area contributed by atoms with E-state index in [1.54, 1.807) is 26.0 Å². The highest BCUT2D eigenvalue weighted by atomic mass is 32.2. The van der Waals surface area contributed by atoms with Crippen molar-refractivity contribution in [2.75, 3.05) is 14.1 Å². The molecular formula is C20H23FN2O3S. The van der Waals surface area contributed by atoms with Crippen molar-refractivity contribution >= 4 is 15.9 Å². The topological polar surface area (TPSA) is 66.5 Å². The monoisotopic (exact) mass is 390 g/mol. The minimum atomic E-state index is -3.65. The van der Waals surface area contributed by atoms with Crippen LogP contribution in [0.1, 0.15) is 39.4 Å². The first kappa shape index (κ1) is 19.5. The number of carbonyl (C=O) groups excluding carboxylic acids is 1. The zero-order valence-corrected chi connectivity index (χ0v) is 16.6. The van der Waals surface area contributed by atoms with Crippen molar-refractivity contribution in [3.8, 4) is 0 Å². The van der Waals surface area contributed by atoms with Crippen LogP contribution in [-0.4, -0.2) is 38.8 Å². The molecule has 27 heavy (non-hydrogen) atoms. The Balaban J connectivity index is 1.81. The summed E-state index contributed by atoms with van der Waals surface area (Å²) in [7, 11) is -0.720. The lowest BCUT2D eigenvalue weighted by atomic mass is 10.1. The second-order valence-corrected chi connectivity index (χ2v) is 9.30. The summed E-state index contributed by atoms with van der Waals surface area (Å²) < 4.78 is 39.6.